The van der Waals surface area contributed by atoms with Crippen LogP contribution in [0.5, 0.6) is 11.5 Å². The maximum atomic E-state index is 12.6. The lowest BCUT2D eigenvalue weighted by molar-refractivity contribution is -0.137. The van der Waals surface area contributed by atoms with Crippen molar-refractivity contribution in [2.75, 3.05) is 0 Å². The van der Waals surface area contributed by atoms with E-state index < -0.39 is 11.7 Å². The van der Waals surface area contributed by atoms with Crippen LogP contribution in [0.3, 0.4) is 0 Å². The highest BCUT2D eigenvalue weighted by Crippen LogP contribution is 2.33. The third kappa shape index (κ3) is 3.42. The summed E-state index contributed by atoms with van der Waals surface area (Å²) >= 11 is 2.12. The minimum Gasteiger partial charge on any atom is -0.456 e. The van der Waals surface area contributed by atoms with Crippen molar-refractivity contribution in [1.82, 2.24) is 0 Å². The van der Waals surface area contributed by atoms with Gasteiger partial charge in [0.25, 0.3) is 0 Å². The van der Waals surface area contributed by atoms with Crippen LogP contribution >= 0.6 is 22.6 Å². The summed E-state index contributed by atoms with van der Waals surface area (Å²) in [5.41, 5.74) is -1.03. The molecule has 0 fully saturated rings. The molecule has 0 spiro atoms. The highest BCUT2D eigenvalue weighted by atomic mass is 127. The number of hydrogen-bond donors (Lipinski definition) is 0. The molecule has 2 rings (SSSR count). The predicted molar refractivity (Wildman–Crippen MR) is 75.4 cm³/mol. The molecule has 0 heterocycles. The molecule has 0 saturated heterocycles. The fraction of sp³-hybridized carbons (Fsp3) is 0.0714. The second-order valence-corrected chi connectivity index (χ2v) is 5.12. The van der Waals surface area contributed by atoms with E-state index in [1.807, 2.05) is 0 Å². The van der Waals surface area contributed by atoms with E-state index in [0.29, 0.717) is 5.75 Å². The van der Waals surface area contributed by atoms with Gasteiger partial charge >= 0.3 is 6.18 Å². The molecule has 0 bridgehead atoms. The van der Waals surface area contributed by atoms with Crippen LogP contribution in [0.15, 0.2) is 42.5 Å². The van der Waals surface area contributed by atoms with Crippen LogP contribution in [0.1, 0.15) is 11.1 Å². The van der Waals surface area contributed by atoms with Crippen LogP contribution in [0.25, 0.3) is 0 Å². The molecule has 0 N–H and O–H groups in total. The van der Waals surface area contributed by atoms with Crippen LogP contribution in [0.4, 0.5) is 13.2 Å². The first-order valence-electron chi connectivity index (χ1n) is 5.45. The molecule has 102 valence electrons. The summed E-state index contributed by atoms with van der Waals surface area (Å²) in [6, 6.07) is 11.5. The molecule has 0 atom stereocenters. The second-order valence-electron chi connectivity index (χ2n) is 3.88. The van der Waals surface area contributed by atoms with Gasteiger partial charge in [-0.3, -0.25) is 0 Å². The Labute approximate surface area is 126 Å². The molecule has 0 saturated carbocycles. The average molecular weight is 389 g/mol. The van der Waals surface area contributed by atoms with Gasteiger partial charge in [-0.2, -0.15) is 18.4 Å². The molecule has 0 aliphatic carbocycles. The number of nitriles is 1. The van der Waals surface area contributed by atoms with Crippen molar-refractivity contribution < 1.29 is 17.9 Å². The zero-order chi connectivity index (χ0) is 14.8. The Morgan fingerprint density at radius 1 is 1.05 bits per heavy atom. The topological polar surface area (TPSA) is 33.0 Å². The molecule has 0 amide bonds. The lowest BCUT2D eigenvalue weighted by Crippen LogP contribution is -2.05. The number of benzene rings is 2. The standard InChI is InChI=1S/C14H7F3INO/c15-14(16,17)10-1-6-13(9(7-10)8-19)20-12-4-2-11(18)3-5-12/h1-7H. The van der Waals surface area contributed by atoms with Crippen molar-refractivity contribution in [3.8, 4) is 17.6 Å². The van der Waals surface area contributed by atoms with E-state index in [4.69, 9.17) is 10.00 Å². The summed E-state index contributed by atoms with van der Waals surface area (Å²) in [4.78, 5) is 0. The summed E-state index contributed by atoms with van der Waals surface area (Å²) in [7, 11) is 0. The van der Waals surface area contributed by atoms with Gasteiger partial charge in [0.05, 0.1) is 11.1 Å². The van der Waals surface area contributed by atoms with Crippen molar-refractivity contribution in [2.45, 2.75) is 6.18 Å². The first-order valence-corrected chi connectivity index (χ1v) is 6.53. The number of hydrogen-bond acceptors (Lipinski definition) is 2. The SMILES string of the molecule is N#Cc1cc(C(F)(F)F)ccc1Oc1ccc(I)cc1. The largest absolute Gasteiger partial charge is 0.456 e. The minimum atomic E-state index is -4.48. The van der Waals surface area contributed by atoms with Gasteiger partial charge in [0.1, 0.15) is 17.6 Å². The van der Waals surface area contributed by atoms with E-state index in [1.165, 1.54) is 0 Å². The van der Waals surface area contributed by atoms with E-state index in [1.54, 1.807) is 30.3 Å². The van der Waals surface area contributed by atoms with Crippen molar-refractivity contribution in [3.63, 3.8) is 0 Å². The highest BCUT2D eigenvalue weighted by molar-refractivity contribution is 14.1. The van der Waals surface area contributed by atoms with Gasteiger partial charge in [-0.25, -0.2) is 0 Å². The Hall–Kier alpha value is -1.75. The summed E-state index contributed by atoms with van der Waals surface area (Å²) in [5.74, 6) is 0.559. The van der Waals surface area contributed by atoms with Gasteiger partial charge in [-0.1, -0.05) is 0 Å². The number of rotatable bonds is 2. The summed E-state index contributed by atoms with van der Waals surface area (Å²) in [5, 5.41) is 8.93. The van der Waals surface area contributed by atoms with Crippen molar-refractivity contribution >= 4 is 22.6 Å². The van der Waals surface area contributed by atoms with Gasteiger partial charge in [0.2, 0.25) is 0 Å². The number of halogens is 4. The first-order chi connectivity index (χ1) is 9.40. The molecule has 0 radical (unpaired) electrons. The Morgan fingerprint density at radius 2 is 1.70 bits per heavy atom. The average Bonchev–Trinajstić information content (AvgIpc) is 2.40. The molecule has 0 aliphatic rings. The zero-order valence-electron chi connectivity index (χ0n) is 9.91. The molecule has 2 aromatic rings. The fourth-order valence-corrected chi connectivity index (χ4v) is 1.87. The van der Waals surface area contributed by atoms with E-state index in [9.17, 15) is 13.2 Å². The van der Waals surface area contributed by atoms with Crippen LogP contribution in [0, 0.1) is 14.9 Å². The lowest BCUT2D eigenvalue weighted by atomic mass is 10.1. The molecule has 6 heteroatoms. The molecule has 2 nitrogen and oxygen atoms in total. The smallest absolute Gasteiger partial charge is 0.416 e. The van der Waals surface area contributed by atoms with Crippen LogP contribution < -0.4 is 4.74 Å². The van der Waals surface area contributed by atoms with Gasteiger partial charge < -0.3 is 4.74 Å². The Kier molecular flexibility index (Phi) is 4.18. The third-order valence-electron chi connectivity index (χ3n) is 2.47. The van der Waals surface area contributed by atoms with Gasteiger partial charge in [-0.05, 0) is 65.1 Å². The van der Waals surface area contributed by atoms with E-state index in [0.717, 1.165) is 21.8 Å². The maximum Gasteiger partial charge on any atom is 0.416 e. The zero-order valence-corrected chi connectivity index (χ0v) is 12.1. The first kappa shape index (κ1) is 14.7. The number of nitrogens with zero attached hydrogens (tertiary/aromatic N) is 1. The summed E-state index contributed by atoms with van der Waals surface area (Å²) in [6.45, 7) is 0. The monoisotopic (exact) mass is 389 g/mol. The quantitative estimate of drug-likeness (QED) is 0.680. The summed E-state index contributed by atoms with van der Waals surface area (Å²) in [6.07, 6.45) is -4.48. The van der Waals surface area contributed by atoms with E-state index in [2.05, 4.69) is 22.6 Å². The Bertz CT molecular complexity index is 660. The van der Waals surface area contributed by atoms with Crippen LogP contribution in [-0.4, -0.2) is 0 Å². The number of alkyl halides is 3. The maximum absolute atomic E-state index is 12.6. The van der Waals surface area contributed by atoms with Crippen LogP contribution in [-0.2, 0) is 6.18 Å². The molecular weight excluding hydrogens is 382 g/mol. The molecule has 0 aromatic heterocycles. The normalized spacial score (nSPS) is 10.9. The Morgan fingerprint density at radius 3 is 2.25 bits per heavy atom. The molecule has 20 heavy (non-hydrogen) atoms. The van der Waals surface area contributed by atoms with Gasteiger partial charge in [0.15, 0.2) is 0 Å². The lowest BCUT2D eigenvalue weighted by Gasteiger charge is -2.11. The molecule has 0 aliphatic heterocycles. The van der Waals surface area contributed by atoms with Crippen molar-refractivity contribution in [3.05, 3.63) is 57.2 Å². The molecule has 2 aromatic carbocycles. The van der Waals surface area contributed by atoms with Crippen molar-refractivity contribution in [2.24, 2.45) is 0 Å². The second kappa shape index (κ2) is 5.71. The molecular formula is C14H7F3INO. The molecule has 0 unspecified atom stereocenters. The fourth-order valence-electron chi connectivity index (χ4n) is 1.51. The Balaban J connectivity index is 2.33. The van der Waals surface area contributed by atoms with Gasteiger partial charge in [0, 0.05) is 3.57 Å². The predicted octanol–water partition coefficient (Wildman–Crippen LogP) is 4.97. The minimum absolute atomic E-state index is 0.0988. The van der Waals surface area contributed by atoms with E-state index in [-0.39, 0.29) is 11.3 Å². The van der Waals surface area contributed by atoms with Crippen molar-refractivity contribution in [1.29, 1.82) is 5.26 Å². The number of ether oxygens (including phenoxy) is 1. The van der Waals surface area contributed by atoms with Gasteiger partial charge in [-0.15, -0.1) is 0 Å². The highest BCUT2D eigenvalue weighted by Gasteiger charge is 2.31. The third-order valence-corrected chi connectivity index (χ3v) is 3.19. The van der Waals surface area contributed by atoms with E-state index >= 15 is 0 Å². The summed E-state index contributed by atoms with van der Waals surface area (Å²) < 4.78 is 44.1. The van der Waals surface area contributed by atoms with Crippen LogP contribution in [0.2, 0.25) is 0 Å².